The molecule has 1 aromatic rings. The van der Waals surface area contributed by atoms with E-state index in [4.69, 9.17) is 0 Å². The first kappa shape index (κ1) is 14.2. The molecule has 0 atom stereocenters. The Morgan fingerprint density at radius 1 is 1.19 bits per heavy atom. The van der Waals surface area contributed by atoms with Crippen molar-refractivity contribution in [3.05, 3.63) is 42.1 Å². The molecule has 0 spiro atoms. The molecule has 80 valence electrons. The van der Waals surface area contributed by atoms with Gasteiger partial charge in [0.15, 0.2) is 0 Å². The zero-order valence-electron chi connectivity index (χ0n) is 7.71. The number of hydrogen-bond donors (Lipinski definition) is 0. The normalized spacial score (nSPS) is 9.00. The summed E-state index contributed by atoms with van der Waals surface area (Å²) in [4.78, 5) is 31.1. The Kier molecular flexibility index (Phi) is 4.74. The van der Waals surface area contributed by atoms with E-state index in [-0.39, 0.29) is 34.2 Å². The average Bonchev–Trinajstić information content (AvgIpc) is 2.46. The Bertz CT molecular complexity index is 441. The Labute approximate surface area is 108 Å². The minimum Gasteiger partial charge on any atom is -0.390 e. The zero-order chi connectivity index (χ0) is 11.6. The molecular formula is C3HN6NaO6. The van der Waals surface area contributed by atoms with Crippen molar-refractivity contribution in [1.29, 1.82) is 0 Å². The first-order valence-electron chi connectivity index (χ1n) is 3.16. The fourth-order valence-corrected chi connectivity index (χ4v) is 0.707. The molecule has 0 aromatic carbocycles. The summed E-state index contributed by atoms with van der Waals surface area (Å²) in [7, 11) is 0. The predicted molar refractivity (Wildman–Crippen MR) is 41.3 cm³/mol. The van der Waals surface area contributed by atoms with Gasteiger partial charge in [0.1, 0.15) is 6.20 Å². The Balaban J connectivity index is 0.00000225. The second kappa shape index (κ2) is 5.34. The van der Waals surface area contributed by atoms with Crippen LogP contribution in [-0.4, -0.2) is 24.5 Å². The van der Waals surface area contributed by atoms with E-state index in [0.717, 1.165) is 0 Å². The maximum Gasteiger partial charge on any atom is 1.00 e. The first-order valence-corrected chi connectivity index (χ1v) is 3.16. The molecule has 0 radical (unpaired) electrons. The van der Waals surface area contributed by atoms with Crippen LogP contribution in [-0.2, 0) is 0 Å². The molecule has 0 saturated carbocycles. The Hall–Kier alpha value is -1.79. The van der Waals surface area contributed by atoms with Crippen LogP contribution in [0.4, 0.5) is 11.8 Å². The van der Waals surface area contributed by atoms with Crippen molar-refractivity contribution in [2.24, 2.45) is 0 Å². The van der Waals surface area contributed by atoms with Crippen molar-refractivity contribution in [2.45, 2.75) is 0 Å². The minimum atomic E-state index is -1.24. The number of nitro groups is 3. The quantitative estimate of drug-likeness (QED) is 0.308. The van der Waals surface area contributed by atoms with Crippen molar-refractivity contribution in [3.8, 4) is 0 Å². The van der Waals surface area contributed by atoms with Gasteiger partial charge in [-0.2, -0.15) is 0 Å². The molecule has 0 fully saturated rings. The van der Waals surface area contributed by atoms with Gasteiger partial charge in [0.05, 0.1) is 0 Å². The van der Waals surface area contributed by atoms with Crippen molar-refractivity contribution in [3.63, 3.8) is 0 Å². The van der Waals surface area contributed by atoms with E-state index in [1.54, 1.807) is 0 Å². The van der Waals surface area contributed by atoms with Crippen LogP contribution in [0.15, 0.2) is 6.20 Å². The summed E-state index contributed by atoms with van der Waals surface area (Å²) in [6, 6.07) is 0. The van der Waals surface area contributed by atoms with Gasteiger partial charge in [-0.25, -0.2) is 0 Å². The summed E-state index contributed by atoms with van der Waals surface area (Å²) >= 11 is 0. The molecule has 1 heterocycles. The maximum atomic E-state index is 10.3. The van der Waals surface area contributed by atoms with Crippen LogP contribution >= 0.6 is 0 Å². The number of nitrogens with zero attached hydrogens (tertiary/aromatic N) is 6. The summed E-state index contributed by atoms with van der Waals surface area (Å²) in [6.45, 7) is 0. The number of rotatable bonds is 4. The smallest absolute Gasteiger partial charge is 0.390 e. The van der Waals surface area contributed by atoms with Crippen LogP contribution in [0.25, 0.3) is 5.53 Å². The third-order valence-corrected chi connectivity index (χ3v) is 1.18. The number of imidazole rings is 1. The van der Waals surface area contributed by atoms with Gasteiger partial charge >= 0.3 is 41.3 Å². The van der Waals surface area contributed by atoms with Gasteiger partial charge in [0.25, 0.3) is 0 Å². The maximum absolute atomic E-state index is 10.3. The molecule has 0 N–H and O–H groups in total. The summed E-state index contributed by atoms with van der Waals surface area (Å²) in [5.41, 5.74) is 2.51. The van der Waals surface area contributed by atoms with E-state index >= 15 is 0 Å². The molecule has 0 aliphatic carbocycles. The molecule has 12 nitrogen and oxygen atoms in total. The van der Waals surface area contributed by atoms with Crippen molar-refractivity contribution in [2.75, 3.05) is 0 Å². The van der Waals surface area contributed by atoms with Crippen molar-refractivity contribution >= 4 is 11.8 Å². The zero-order valence-corrected chi connectivity index (χ0v) is 9.71. The summed E-state index contributed by atoms with van der Waals surface area (Å²) < 4.78 is 0.109. The molecule has 16 heavy (non-hydrogen) atoms. The summed E-state index contributed by atoms with van der Waals surface area (Å²) in [6.07, 6.45) is 0.473. The van der Waals surface area contributed by atoms with Gasteiger partial charge < -0.3 is 35.9 Å². The van der Waals surface area contributed by atoms with Crippen molar-refractivity contribution in [1.82, 2.24) is 9.66 Å². The SMILES string of the molecule is O=[N+]([O-])[N-]n1cc([N+](=O)[O-])nc1[N+](=O)[O-].[Na+]. The predicted octanol–water partition coefficient (Wildman–Crippen LogP) is -2.97. The van der Waals surface area contributed by atoms with Gasteiger partial charge in [0, 0.05) is 0 Å². The minimum absolute atomic E-state index is 0. The van der Waals surface area contributed by atoms with Gasteiger partial charge in [-0.05, 0) is 14.8 Å². The fraction of sp³-hybridized carbons (Fsp3) is 0. The molecular weight excluding hydrogens is 239 g/mol. The third kappa shape index (κ3) is 3.11. The molecule has 0 saturated heterocycles. The largest absolute Gasteiger partial charge is 1.00 e. The van der Waals surface area contributed by atoms with Crippen LogP contribution < -0.4 is 29.6 Å². The second-order valence-corrected chi connectivity index (χ2v) is 2.09. The standard InChI is InChI=1S/C3HN6O6.Na/c10-7(11)2-1-6(5-9(14)15)3(4-2)8(12)13;/h1H;/q-1;+1. The van der Waals surface area contributed by atoms with Crippen LogP contribution in [0.1, 0.15) is 0 Å². The molecule has 0 bridgehead atoms. The monoisotopic (exact) mass is 240 g/mol. The van der Waals surface area contributed by atoms with Gasteiger partial charge in [0.2, 0.25) is 0 Å². The van der Waals surface area contributed by atoms with E-state index in [9.17, 15) is 30.3 Å². The molecule has 0 unspecified atom stereocenters. The molecule has 13 heteroatoms. The van der Waals surface area contributed by atoms with Crippen LogP contribution in [0, 0.1) is 30.3 Å². The van der Waals surface area contributed by atoms with E-state index in [1.165, 1.54) is 0 Å². The molecule has 1 rings (SSSR count). The number of hydrogen-bond acceptors (Lipinski definition) is 7. The van der Waals surface area contributed by atoms with Crippen LogP contribution in [0.5, 0.6) is 0 Å². The van der Waals surface area contributed by atoms with E-state index in [2.05, 4.69) is 10.5 Å². The third-order valence-electron chi connectivity index (χ3n) is 1.18. The van der Waals surface area contributed by atoms with Crippen molar-refractivity contribution < 1.29 is 44.4 Å². The van der Waals surface area contributed by atoms with Gasteiger partial charge in [-0.15, -0.1) is 5.03 Å². The van der Waals surface area contributed by atoms with E-state index in [1.807, 2.05) is 0 Å². The van der Waals surface area contributed by atoms with Gasteiger partial charge in [-0.1, -0.05) is 0 Å². The molecule has 0 amide bonds. The fourth-order valence-electron chi connectivity index (χ4n) is 0.707. The Morgan fingerprint density at radius 3 is 2.12 bits per heavy atom. The summed E-state index contributed by atoms with van der Waals surface area (Å²) in [5.74, 6) is -1.99. The molecule has 0 aliphatic rings. The number of aromatic nitrogens is 2. The Morgan fingerprint density at radius 2 is 1.75 bits per heavy atom. The van der Waals surface area contributed by atoms with Crippen LogP contribution in [0.3, 0.4) is 0 Å². The van der Waals surface area contributed by atoms with Gasteiger partial charge in [-0.3, -0.25) is 4.68 Å². The molecule has 1 aromatic heterocycles. The summed E-state index contributed by atoms with van der Waals surface area (Å²) in [5, 5.41) is 29.1. The van der Waals surface area contributed by atoms with E-state index < -0.39 is 26.6 Å². The topological polar surface area (TPSA) is 161 Å². The molecule has 0 aliphatic heterocycles. The van der Waals surface area contributed by atoms with Crippen LogP contribution in [0.2, 0.25) is 0 Å². The second-order valence-electron chi connectivity index (χ2n) is 2.09. The van der Waals surface area contributed by atoms with E-state index in [0.29, 0.717) is 6.20 Å². The average molecular weight is 240 g/mol. The first-order chi connectivity index (χ1) is 6.91.